The highest BCUT2D eigenvalue weighted by atomic mass is 32.2. The number of carbonyl (C=O) groups is 1. The molecule has 0 saturated carbocycles. The number of nitrogens with zero attached hydrogens (tertiary/aromatic N) is 1. The minimum absolute atomic E-state index is 0.291. The van der Waals surface area contributed by atoms with Crippen LogP contribution < -0.4 is 5.32 Å². The summed E-state index contributed by atoms with van der Waals surface area (Å²) in [7, 11) is 0. The number of fused-ring (bicyclic) bond motifs is 1. The van der Waals surface area contributed by atoms with Gasteiger partial charge in [0.25, 0.3) is 0 Å². The molecule has 1 aromatic carbocycles. The smallest absolute Gasteiger partial charge is 0.232 e. The molecule has 2 atom stereocenters. The molecule has 102 valence electrons. The third-order valence-corrected chi connectivity index (χ3v) is 5.11. The van der Waals surface area contributed by atoms with Crippen LogP contribution in [0.5, 0.6) is 0 Å². The number of likely N-dealkylation sites (tertiary alicyclic amines) is 1. The number of carbonyl (C=O) groups excluding carboxylic acids is 1. The number of hydrogen-bond donors (Lipinski definition) is 1. The molecule has 2 fully saturated rings. The Morgan fingerprint density at radius 1 is 1.32 bits per heavy atom. The van der Waals surface area contributed by atoms with Gasteiger partial charge in [-0.15, -0.1) is 11.8 Å². The van der Waals surface area contributed by atoms with Crippen LogP contribution in [0.3, 0.4) is 0 Å². The van der Waals surface area contributed by atoms with Crippen molar-refractivity contribution in [3.8, 4) is 0 Å². The Labute approximate surface area is 118 Å². The van der Waals surface area contributed by atoms with Crippen molar-refractivity contribution < 1.29 is 4.79 Å². The molecular weight excluding hydrogens is 256 g/mol. The standard InChI is InChI=1S/C15H20N2OS/c18-15(11-19-13-4-2-1-3-5-13)17-9-7-14-12(10-17)6-8-16-14/h1-5,12,14,16H,6-11H2. The Balaban J connectivity index is 1.50. The van der Waals surface area contributed by atoms with Crippen molar-refractivity contribution in [1.82, 2.24) is 10.2 Å². The SMILES string of the molecule is O=C(CSc1ccccc1)N1CCC2NCCC2C1. The highest BCUT2D eigenvalue weighted by Gasteiger charge is 2.34. The van der Waals surface area contributed by atoms with Crippen LogP contribution in [0.25, 0.3) is 0 Å². The van der Waals surface area contributed by atoms with Gasteiger partial charge in [0.1, 0.15) is 0 Å². The van der Waals surface area contributed by atoms with Crippen molar-refractivity contribution in [2.75, 3.05) is 25.4 Å². The molecule has 2 aliphatic heterocycles. The highest BCUT2D eigenvalue weighted by molar-refractivity contribution is 8.00. The van der Waals surface area contributed by atoms with Gasteiger partial charge in [-0.1, -0.05) is 18.2 Å². The maximum absolute atomic E-state index is 12.2. The lowest BCUT2D eigenvalue weighted by molar-refractivity contribution is -0.130. The van der Waals surface area contributed by atoms with Crippen LogP contribution in [-0.2, 0) is 4.79 Å². The summed E-state index contributed by atoms with van der Waals surface area (Å²) in [5.41, 5.74) is 0. The summed E-state index contributed by atoms with van der Waals surface area (Å²) in [5, 5.41) is 3.53. The van der Waals surface area contributed by atoms with Crippen LogP contribution in [0.2, 0.25) is 0 Å². The lowest BCUT2D eigenvalue weighted by Crippen LogP contribution is -2.47. The molecule has 2 saturated heterocycles. The molecule has 1 amide bonds. The quantitative estimate of drug-likeness (QED) is 0.857. The first kappa shape index (κ1) is 13.0. The largest absolute Gasteiger partial charge is 0.342 e. The molecule has 3 nitrogen and oxygen atoms in total. The van der Waals surface area contributed by atoms with E-state index in [0.717, 1.165) is 26.1 Å². The Hall–Kier alpha value is -1.00. The number of rotatable bonds is 3. The zero-order valence-electron chi connectivity index (χ0n) is 11.0. The molecule has 19 heavy (non-hydrogen) atoms. The zero-order chi connectivity index (χ0) is 13.1. The van der Waals surface area contributed by atoms with E-state index in [9.17, 15) is 4.79 Å². The van der Waals surface area contributed by atoms with Gasteiger partial charge in [0.05, 0.1) is 5.75 Å². The number of benzene rings is 1. The van der Waals surface area contributed by atoms with E-state index in [-0.39, 0.29) is 0 Å². The number of hydrogen-bond acceptors (Lipinski definition) is 3. The fraction of sp³-hybridized carbons (Fsp3) is 0.533. The number of amides is 1. The molecule has 0 spiro atoms. The number of nitrogens with one attached hydrogen (secondary N) is 1. The molecule has 0 aliphatic carbocycles. The van der Waals surface area contributed by atoms with Gasteiger partial charge in [-0.25, -0.2) is 0 Å². The van der Waals surface area contributed by atoms with Crippen LogP contribution in [-0.4, -0.2) is 42.2 Å². The molecule has 2 aliphatic rings. The molecule has 2 heterocycles. The minimum atomic E-state index is 0.291. The molecule has 1 N–H and O–H groups in total. The van der Waals surface area contributed by atoms with Gasteiger partial charge in [-0.2, -0.15) is 0 Å². The second-order valence-electron chi connectivity index (χ2n) is 5.34. The highest BCUT2D eigenvalue weighted by Crippen LogP contribution is 2.25. The molecule has 0 aromatic heterocycles. The van der Waals surface area contributed by atoms with Crippen molar-refractivity contribution in [2.24, 2.45) is 5.92 Å². The first-order valence-corrected chi connectivity index (χ1v) is 8.00. The Bertz CT molecular complexity index is 437. The first-order chi connectivity index (χ1) is 9.33. The summed E-state index contributed by atoms with van der Waals surface area (Å²) in [6.45, 7) is 2.99. The van der Waals surface area contributed by atoms with Crippen molar-refractivity contribution in [3.63, 3.8) is 0 Å². The molecule has 4 heteroatoms. The fourth-order valence-electron chi connectivity index (χ4n) is 3.03. The van der Waals surface area contributed by atoms with Crippen LogP contribution in [0.1, 0.15) is 12.8 Å². The van der Waals surface area contributed by atoms with Gasteiger partial charge in [-0.3, -0.25) is 4.79 Å². The van der Waals surface area contributed by atoms with E-state index < -0.39 is 0 Å². The van der Waals surface area contributed by atoms with E-state index in [2.05, 4.69) is 22.3 Å². The van der Waals surface area contributed by atoms with E-state index in [1.165, 1.54) is 11.3 Å². The van der Waals surface area contributed by atoms with Gasteiger partial charge in [0.15, 0.2) is 0 Å². The Morgan fingerprint density at radius 2 is 2.16 bits per heavy atom. The van der Waals surface area contributed by atoms with Crippen molar-refractivity contribution in [1.29, 1.82) is 0 Å². The summed E-state index contributed by atoms with van der Waals surface area (Å²) >= 11 is 1.64. The average molecular weight is 276 g/mol. The first-order valence-electron chi connectivity index (χ1n) is 7.02. The second-order valence-corrected chi connectivity index (χ2v) is 6.39. The lowest BCUT2D eigenvalue weighted by atomic mass is 9.93. The monoisotopic (exact) mass is 276 g/mol. The van der Waals surface area contributed by atoms with Gasteiger partial charge >= 0.3 is 0 Å². The maximum atomic E-state index is 12.2. The van der Waals surface area contributed by atoms with Crippen molar-refractivity contribution >= 4 is 17.7 Å². The zero-order valence-corrected chi connectivity index (χ0v) is 11.9. The fourth-order valence-corrected chi connectivity index (χ4v) is 3.85. The van der Waals surface area contributed by atoms with E-state index in [4.69, 9.17) is 0 Å². The number of thioether (sulfide) groups is 1. The van der Waals surface area contributed by atoms with Crippen LogP contribution >= 0.6 is 11.8 Å². The van der Waals surface area contributed by atoms with E-state index in [1.807, 2.05) is 18.2 Å². The summed E-state index contributed by atoms with van der Waals surface area (Å²) in [5.74, 6) is 1.54. The van der Waals surface area contributed by atoms with Crippen molar-refractivity contribution in [3.05, 3.63) is 30.3 Å². The van der Waals surface area contributed by atoms with E-state index in [1.54, 1.807) is 11.8 Å². The summed E-state index contributed by atoms with van der Waals surface area (Å²) in [6, 6.07) is 10.8. The Kier molecular flexibility index (Phi) is 4.09. The van der Waals surface area contributed by atoms with Gasteiger partial charge in [0, 0.05) is 24.0 Å². The predicted octanol–water partition coefficient (Wildman–Crippen LogP) is 1.99. The van der Waals surface area contributed by atoms with Gasteiger partial charge < -0.3 is 10.2 Å². The molecular formula is C15H20N2OS. The molecule has 2 unspecified atom stereocenters. The second kappa shape index (κ2) is 5.97. The van der Waals surface area contributed by atoms with Gasteiger partial charge in [-0.05, 0) is 37.4 Å². The van der Waals surface area contributed by atoms with E-state index in [0.29, 0.717) is 23.6 Å². The minimum Gasteiger partial charge on any atom is -0.342 e. The normalized spacial score (nSPS) is 26.2. The maximum Gasteiger partial charge on any atom is 0.232 e. The topological polar surface area (TPSA) is 32.3 Å². The van der Waals surface area contributed by atoms with Gasteiger partial charge in [0.2, 0.25) is 5.91 Å². The van der Waals surface area contributed by atoms with Crippen LogP contribution in [0.4, 0.5) is 0 Å². The molecule has 3 rings (SSSR count). The van der Waals surface area contributed by atoms with Crippen LogP contribution in [0.15, 0.2) is 35.2 Å². The molecule has 0 radical (unpaired) electrons. The number of piperidine rings is 1. The summed E-state index contributed by atoms with van der Waals surface area (Å²) < 4.78 is 0. The molecule has 1 aromatic rings. The predicted molar refractivity (Wildman–Crippen MR) is 78.3 cm³/mol. The third-order valence-electron chi connectivity index (χ3n) is 4.11. The van der Waals surface area contributed by atoms with Crippen LogP contribution in [0, 0.1) is 5.92 Å². The Morgan fingerprint density at radius 3 is 3.00 bits per heavy atom. The summed E-state index contributed by atoms with van der Waals surface area (Å²) in [6.07, 6.45) is 2.34. The molecule has 0 bridgehead atoms. The van der Waals surface area contributed by atoms with Crippen molar-refractivity contribution in [2.45, 2.75) is 23.8 Å². The summed E-state index contributed by atoms with van der Waals surface area (Å²) in [4.78, 5) is 15.5. The average Bonchev–Trinajstić information content (AvgIpc) is 2.93. The lowest BCUT2D eigenvalue weighted by Gasteiger charge is -2.34. The van der Waals surface area contributed by atoms with E-state index >= 15 is 0 Å². The third kappa shape index (κ3) is 3.12.